The first-order chi connectivity index (χ1) is 20.2. The Morgan fingerprint density at radius 1 is 1.30 bits per heavy atom. The number of benzene rings is 1. The molecule has 16 nitrogen and oxygen atoms in total. The number of esters is 1. The number of hydrogen-bond donors (Lipinski definition) is 4. The summed E-state index contributed by atoms with van der Waals surface area (Å²) >= 11 is 0. The first-order valence-electron chi connectivity index (χ1n) is 13.1. The van der Waals surface area contributed by atoms with E-state index in [2.05, 4.69) is 15.1 Å². The van der Waals surface area contributed by atoms with Crippen molar-refractivity contribution in [2.45, 2.75) is 69.9 Å². The van der Waals surface area contributed by atoms with Crippen molar-refractivity contribution in [1.82, 2.24) is 14.6 Å². The second-order valence-corrected chi connectivity index (χ2v) is 12.1. The lowest BCUT2D eigenvalue weighted by atomic mass is 9.92. The van der Waals surface area contributed by atoms with Gasteiger partial charge in [0.2, 0.25) is 5.72 Å². The molecule has 6 atom stereocenters. The highest BCUT2D eigenvalue weighted by Gasteiger charge is 2.64. The lowest BCUT2D eigenvalue weighted by Crippen LogP contribution is -2.52. The van der Waals surface area contributed by atoms with Gasteiger partial charge in [-0.1, -0.05) is 43.1 Å². The minimum absolute atomic E-state index is 0.0578. The maximum Gasteiger partial charge on any atom is 0.459 e. The molecule has 2 aromatic rings. The van der Waals surface area contributed by atoms with E-state index in [0.29, 0.717) is 4.57 Å². The van der Waals surface area contributed by atoms with E-state index in [1.807, 2.05) is 24.8 Å². The quantitative estimate of drug-likeness (QED) is 0.0632. The molecule has 0 spiro atoms. The zero-order chi connectivity index (χ0) is 32.0. The number of carbonyl (C=O) groups excluding carboxylic acids is 1. The monoisotopic (exact) mass is 620 g/mol. The standard InChI is InChI=1S/C26H33N6O10P/c1-6-25(37)22(35)26(30-31-27,41-23(25)32-13-12-20(33)28-24(32)36)15-39-43(38,42-18-10-8-7-9-11-18)29-19(14-16(2)3)21(34)40-17(4)5/h1,7-13,16-17,19,22-23,35,37H,14-15H2,2-5H3,(H,29,38)(H,28,33,36)/t19-,22-,23-,25+,26+,43?/m0/s1. The minimum Gasteiger partial charge on any atom is -0.462 e. The number of rotatable bonds is 13. The molecule has 1 aromatic heterocycles. The third-order valence-electron chi connectivity index (χ3n) is 6.15. The van der Waals surface area contributed by atoms with Crippen LogP contribution < -0.4 is 20.9 Å². The van der Waals surface area contributed by atoms with Crippen LogP contribution in [-0.2, 0) is 23.4 Å². The summed E-state index contributed by atoms with van der Waals surface area (Å²) in [7, 11) is -4.63. The highest BCUT2D eigenvalue weighted by molar-refractivity contribution is 7.52. The maximum atomic E-state index is 14.2. The van der Waals surface area contributed by atoms with Crippen molar-refractivity contribution in [1.29, 1.82) is 0 Å². The smallest absolute Gasteiger partial charge is 0.459 e. The number of hydrogen-bond acceptors (Lipinski definition) is 11. The molecule has 0 saturated carbocycles. The predicted molar refractivity (Wildman–Crippen MR) is 151 cm³/mol. The average molecular weight is 621 g/mol. The Morgan fingerprint density at radius 2 is 1.98 bits per heavy atom. The Bertz CT molecular complexity index is 1550. The van der Waals surface area contributed by atoms with Gasteiger partial charge in [-0.05, 0) is 43.9 Å². The Kier molecular flexibility index (Phi) is 10.6. The topological polar surface area (TPSA) is 227 Å². The van der Waals surface area contributed by atoms with Gasteiger partial charge in [-0.2, -0.15) is 5.09 Å². The molecule has 3 rings (SSSR count). The first kappa shape index (κ1) is 33.6. The van der Waals surface area contributed by atoms with Crippen molar-refractivity contribution in [3.05, 3.63) is 73.9 Å². The number of nitrogens with one attached hydrogen (secondary N) is 2. The molecule has 0 amide bonds. The number of aliphatic hydroxyl groups excluding tert-OH is 1. The fraction of sp³-hybridized carbons (Fsp3) is 0.500. The normalized spacial score (nSPS) is 25.4. The summed E-state index contributed by atoms with van der Waals surface area (Å²) in [6, 6.07) is 7.49. The van der Waals surface area contributed by atoms with Crippen LogP contribution in [0.15, 0.2) is 57.3 Å². The highest BCUT2D eigenvalue weighted by atomic mass is 31.2. The number of carbonyl (C=O) groups is 1. The van der Waals surface area contributed by atoms with Crippen molar-refractivity contribution in [3.63, 3.8) is 0 Å². The SMILES string of the molecule is C#C[C@]1(O)[C@@H](n2ccc(=O)[nH]c2=O)O[C@@](COP(=O)(N[C@@H](CC(C)C)C(=O)OC(C)C)Oc2ccccc2)(N=[N+]=[N-])[C@H]1O. The van der Waals surface area contributed by atoms with Gasteiger partial charge in [-0.25, -0.2) is 9.36 Å². The van der Waals surface area contributed by atoms with E-state index in [0.717, 1.165) is 12.3 Å². The molecule has 232 valence electrons. The van der Waals surface area contributed by atoms with Gasteiger partial charge in [-0.15, -0.1) is 6.42 Å². The van der Waals surface area contributed by atoms with Crippen molar-refractivity contribution in [3.8, 4) is 18.1 Å². The summed E-state index contributed by atoms with van der Waals surface area (Å²) < 4.78 is 37.2. The van der Waals surface area contributed by atoms with Gasteiger partial charge >= 0.3 is 19.4 Å². The van der Waals surface area contributed by atoms with Gasteiger partial charge in [-0.3, -0.25) is 23.7 Å². The third-order valence-corrected chi connectivity index (χ3v) is 7.70. The van der Waals surface area contributed by atoms with Gasteiger partial charge in [0.05, 0.1) is 12.7 Å². The molecule has 0 aliphatic carbocycles. The number of azide groups is 1. The van der Waals surface area contributed by atoms with Crippen molar-refractivity contribution < 1.29 is 38.1 Å². The lowest BCUT2D eigenvalue weighted by Gasteiger charge is -2.31. The summed E-state index contributed by atoms with van der Waals surface area (Å²) in [5.74, 6) is 1.16. The Hall–Kier alpha value is -3.93. The van der Waals surface area contributed by atoms with Gasteiger partial charge in [0.15, 0.2) is 11.8 Å². The largest absolute Gasteiger partial charge is 0.462 e. The molecule has 1 unspecified atom stereocenters. The molecular formula is C26H33N6O10P. The van der Waals surface area contributed by atoms with Crippen LogP contribution in [0.25, 0.3) is 10.4 Å². The molecule has 1 aromatic carbocycles. The Morgan fingerprint density at radius 3 is 2.53 bits per heavy atom. The summed E-state index contributed by atoms with van der Waals surface area (Å²) in [5.41, 5.74) is 2.18. The van der Waals surface area contributed by atoms with Crippen LogP contribution in [0.3, 0.4) is 0 Å². The van der Waals surface area contributed by atoms with E-state index in [1.54, 1.807) is 32.0 Å². The average Bonchev–Trinajstić information content (AvgIpc) is 3.14. The molecule has 1 aliphatic rings. The minimum atomic E-state index is -4.63. The number of aromatic nitrogens is 2. The highest BCUT2D eigenvalue weighted by Crippen LogP contribution is 2.50. The van der Waals surface area contributed by atoms with Crippen LogP contribution in [0.1, 0.15) is 40.3 Å². The number of ether oxygens (including phenoxy) is 2. The molecule has 4 N–H and O–H groups in total. The fourth-order valence-corrected chi connectivity index (χ4v) is 5.75. The number of nitrogens with zero attached hydrogens (tertiary/aromatic N) is 4. The zero-order valence-electron chi connectivity index (χ0n) is 23.8. The van der Waals surface area contributed by atoms with E-state index in [-0.39, 0.29) is 18.1 Å². The Labute approximate surface area is 246 Å². The summed E-state index contributed by atoms with van der Waals surface area (Å²) in [4.78, 5) is 41.6. The maximum absolute atomic E-state index is 14.2. The summed E-state index contributed by atoms with van der Waals surface area (Å²) in [6.45, 7) is 5.85. The molecule has 1 saturated heterocycles. The number of H-pyrrole nitrogens is 1. The van der Waals surface area contributed by atoms with Crippen molar-refractivity contribution in [2.75, 3.05) is 6.61 Å². The number of terminal acetylenes is 1. The van der Waals surface area contributed by atoms with Gasteiger partial charge in [0, 0.05) is 17.2 Å². The number of aliphatic hydroxyl groups is 2. The second-order valence-electron chi connectivity index (χ2n) is 10.4. The van der Waals surface area contributed by atoms with E-state index in [1.165, 1.54) is 12.1 Å². The summed E-state index contributed by atoms with van der Waals surface area (Å²) in [5, 5.41) is 28.4. The third kappa shape index (κ3) is 7.73. The second kappa shape index (κ2) is 13.6. The van der Waals surface area contributed by atoms with E-state index in [9.17, 15) is 34.7 Å². The van der Waals surface area contributed by atoms with E-state index >= 15 is 0 Å². The molecule has 2 heterocycles. The van der Waals surface area contributed by atoms with Crippen LogP contribution in [-0.4, -0.2) is 61.9 Å². The molecule has 17 heteroatoms. The fourth-order valence-electron chi connectivity index (χ4n) is 4.22. The van der Waals surface area contributed by atoms with Crippen LogP contribution in [0.2, 0.25) is 0 Å². The zero-order valence-corrected chi connectivity index (χ0v) is 24.7. The number of para-hydroxylation sites is 1. The van der Waals surface area contributed by atoms with Gasteiger partial charge < -0.3 is 24.2 Å². The van der Waals surface area contributed by atoms with E-state index in [4.69, 9.17) is 24.9 Å². The lowest BCUT2D eigenvalue weighted by molar-refractivity contribution is -0.150. The molecule has 1 fully saturated rings. The molecule has 43 heavy (non-hydrogen) atoms. The van der Waals surface area contributed by atoms with Gasteiger partial charge in [0.25, 0.3) is 5.56 Å². The van der Waals surface area contributed by atoms with Crippen LogP contribution in [0.5, 0.6) is 5.75 Å². The molecule has 0 bridgehead atoms. The van der Waals surface area contributed by atoms with Crippen LogP contribution >= 0.6 is 7.75 Å². The van der Waals surface area contributed by atoms with Crippen LogP contribution in [0, 0.1) is 18.3 Å². The summed E-state index contributed by atoms with van der Waals surface area (Å²) in [6.07, 6.45) is 1.91. The molecule has 0 radical (unpaired) electrons. The number of aromatic amines is 1. The molecular weight excluding hydrogens is 587 g/mol. The first-order valence-corrected chi connectivity index (χ1v) is 14.6. The Balaban J connectivity index is 2.04. The van der Waals surface area contributed by atoms with Gasteiger partial charge in [0.1, 0.15) is 17.9 Å². The van der Waals surface area contributed by atoms with Crippen molar-refractivity contribution in [2.24, 2.45) is 11.0 Å². The van der Waals surface area contributed by atoms with Crippen molar-refractivity contribution >= 4 is 13.7 Å². The van der Waals surface area contributed by atoms with Crippen LogP contribution in [0.4, 0.5) is 0 Å². The predicted octanol–water partition coefficient (Wildman–Crippen LogP) is 1.96. The van der Waals surface area contributed by atoms with E-state index < -0.39 is 67.4 Å². The molecule has 1 aliphatic heterocycles.